The first-order valence-electron chi connectivity index (χ1n) is 4.48. The number of nitrogens with one attached hydrogen (secondary N) is 2. The van der Waals surface area contributed by atoms with Gasteiger partial charge in [-0.05, 0) is 27.2 Å². The molecule has 0 radical (unpaired) electrons. The molecule has 14 heavy (non-hydrogen) atoms. The first-order chi connectivity index (χ1) is 6.02. The van der Waals surface area contributed by atoms with Gasteiger partial charge in [0.15, 0.2) is 0 Å². The Labute approximate surface area is 97.2 Å². The van der Waals surface area contributed by atoms with Crippen molar-refractivity contribution < 1.29 is 4.79 Å². The van der Waals surface area contributed by atoms with E-state index >= 15 is 0 Å². The molecular weight excluding hydrogens is 220 g/mol. The van der Waals surface area contributed by atoms with E-state index in [-0.39, 0.29) is 23.1 Å². The van der Waals surface area contributed by atoms with Crippen LogP contribution in [0.2, 0.25) is 0 Å². The van der Waals surface area contributed by atoms with E-state index in [9.17, 15) is 4.79 Å². The van der Waals surface area contributed by atoms with Gasteiger partial charge in [-0.3, -0.25) is 4.79 Å². The predicted octanol–water partition coefficient (Wildman–Crippen LogP) is 1.28. The molecule has 0 aromatic carbocycles. The highest BCUT2D eigenvalue weighted by Crippen LogP contribution is 2.19. The van der Waals surface area contributed by atoms with Crippen LogP contribution < -0.4 is 10.6 Å². The Hall–Kier alpha value is 0.0700. The van der Waals surface area contributed by atoms with E-state index in [4.69, 9.17) is 0 Å². The highest BCUT2D eigenvalue weighted by molar-refractivity contribution is 7.99. The highest BCUT2D eigenvalue weighted by Gasteiger charge is 2.16. The van der Waals surface area contributed by atoms with Crippen LogP contribution >= 0.6 is 24.2 Å². The van der Waals surface area contributed by atoms with E-state index in [1.807, 2.05) is 7.05 Å². The SMILES string of the molecule is CNCCC(=O)NCC(C)(C)SC.Cl. The molecule has 0 aliphatic carbocycles. The maximum Gasteiger partial charge on any atom is 0.221 e. The van der Waals surface area contributed by atoms with Crippen LogP contribution in [0.4, 0.5) is 0 Å². The summed E-state index contributed by atoms with van der Waals surface area (Å²) in [4.78, 5) is 11.2. The minimum Gasteiger partial charge on any atom is -0.355 e. The number of thioether (sulfide) groups is 1. The van der Waals surface area contributed by atoms with Gasteiger partial charge in [-0.2, -0.15) is 11.8 Å². The van der Waals surface area contributed by atoms with Crippen molar-refractivity contribution in [3.05, 3.63) is 0 Å². The van der Waals surface area contributed by atoms with Crippen molar-refractivity contribution in [1.29, 1.82) is 0 Å². The normalized spacial score (nSPS) is 10.6. The molecule has 3 nitrogen and oxygen atoms in total. The van der Waals surface area contributed by atoms with E-state index in [2.05, 4.69) is 30.7 Å². The van der Waals surface area contributed by atoms with E-state index in [0.717, 1.165) is 13.1 Å². The lowest BCUT2D eigenvalue weighted by Crippen LogP contribution is -2.36. The van der Waals surface area contributed by atoms with Crippen molar-refractivity contribution in [1.82, 2.24) is 10.6 Å². The van der Waals surface area contributed by atoms with Crippen LogP contribution in [0.3, 0.4) is 0 Å². The van der Waals surface area contributed by atoms with Gasteiger partial charge in [0.25, 0.3) is 0 Å². The van der Waals surface area contributed by atoms with E-state index in [0.29, 0.717) is 6.42 Å². The Morgan fingerprint density at radius 1 is 1.43 bits per heavy atom. The molecular formula is C9H21ClN2OS. The number of carbonyl (C=O) groups excluding carboxylic acids is 1. The van der Waals surface area contributed by atoms with Gasteiger partial charge in [-0.15, -0.1) is 12.4 Å². The molecule has 0 saturated carbocycles. The summed E-state index contributed by atoms with van der Waals surface area (Å²) in [5.41, 5.74) is 0. The maximum absolute atomic E-state index is 11.2. The van der Waals surface area contributed by atoms with Crippen molar-refractivity contribution in [2.24, 2.45) is 0 Å². The van der Waals surface area contributed by atoms with Gasteiger partial charge < -0.3 is 10.6 Å². The molecule has 0 atom stereocenters. The van der Waals surface area contributed by atoms with Crippen LogP contribution in [-0.2, 0) is 4.79 Å². The van der Waals surface area contributed by atoms with Gasteiger partial charge in [0.05, 0.1) is 0 Å². The molecule has 0 saturated heterocycles. The monoisotopic (exact) mass is 240 g/mol. The Morgan fingerprint density at radius 3 is 2.43 bits per heavy atom. The molecule has 0 unspecified atom stereocenters. The fraction of sp³-hybridized carbons (Fsp3) is 0.889. The zero-order valence-electron chi connectivity index (χ0n) is 9.35. The molecule has 0 heterocycles. The minimum atomic E-state index is 0. The lowest BCUT2D eigenvalue weighted by molar-refractivity contribution is -0.121. The van der Waals surface area contributed by atoms with Gasteiger partial charge >= 0.3 is 0 Å². The van der Waals surface area contributed by atoms with Crippen molar-refractivity contribution in [3.63, 3.8) is 0 Å². The smallest absolute Gasteiger partial charge is 0.221 e. The first-order valence-corrected chi connectivity index (χ1v) is 5.71. The third-order valence-electron chi connectivity index (χ3n) is 1.87. The van der Waals surface area contributed by atoms with E-state index in [1.54, 1.807) is 11.8 Å². The Kier molecular flexibility index (Phi) is 9.88. The van der Waals surface area contributed by atoms with Gasteiger partial charge in [0.2, 0.25) is 5.91 Å². The molecule has 0 fully saturated rings. The summed E-state index contributed by atoms with van der Waals surface area (Å²) in [6.07, 6.45) is 2.61. The molecule has 2 N–H and O–H groups in total. The third-order valence-corrected chi connectivity index (χ3v) is 3.12. The summed E-state index contributed by atoms with van der Waals surface area (Å²) in [7, 11) is 1.85. The minimum absolute atomic E-state index is 0. The molecule has 5 heteroatoms. The van der Waals surface area contributed by atoms with Crippen LogP contribution in [0.5, 0.6) is 0 Å². The fourth-order valence-electron chi connectivity index (χ4n) is 0.711. The lowest BCUT2D eigenvalue weighted by Gasteiger charge is -2.22. The van der Waals surface area contributed by atoms with Gasteiger partial charge in [-0.1, -0.05) is 0 Å². The summed E-state index contributed by atoms with van der Waals surface area (Å²) in [6, 6.07) is 0. The van der Waals surface area contributed by atoms with Gasteiger partial charge in [0, 0.05) is 24.3 Å². The Morgan fingerprint density at radius 2 is 2.00 bits per heavy atom. The predicted molar refractivity (Wildman–Crippen MR) is 66.4 cm³/mol. The number of halogens is 1. The molecule has 0 aliphatic heterocycles. The second-order valence-electron chi connectivity index (χ2n) is 3.59. The third kappa shape index (κ3) is 8.66. The number of rotatable bonds is 6. The number of hydrogen-bond donors (Lipinski definition) is 2. The molecule has 0 aromatic heterocycles. The number of carbonyl (C=O) groups is 1. The van der Waals surface area contributed by atoms with Crippen LogP contribution in [0.1, 0.15) is 20.3 Å². The summed E-state index contributed by atoms with van der Waals surface area (Å²) in [5, 5.41) is 5.85. The van der Waals surface area contributed by atoms with Gasteiger partial charge in [0.1, 0.15) is 0 Å². The number of hydrogen-bond acceptors (Lipinski definition) is 3. The van der Waals surface area contributed by atoms with Crippen molar-refractivity contribution in [2.75, 3.05) is 26.4 Å². The summed E-state index contributed by atoms with van der Waals surface area (Å²) in [5.74, 6) is 0.122. The largest absolute Gasteiger partial charge is 0.355 e. The topological polar surface area (TPSA) is 41.1 Å². The maximum atomic E-state index is 11.2. The first kappa shape index (κ1) is 16.5. The molecule has 0 aliphatic rings. The molecule has 1 amide bonds. The molecule has 0 spiro atoms. The summed E-state index contributed by atoms with van der Waals surface area (Å²) in [6.45, 7) is 5.72. The second kappa shape index (κ2) is 8.38. The zero-order chi connectivity index (χ0) is 10.3. The molecule has 0 aromatic rings. The van der Waals surface area contributed by atoms with E-state index < -0.39 is 0 Å². The average Bonchev–Trinajstić information content (AvgIpc) is 2.11. The quantitative estimate of drug-likeness (QED) is 0.735. The Balaban J connectivity index is 0. The highest BCUT2D eigenvalue weighted by atomic mass is 35.5. The molecule has 86 valence electrons. The summed E-state index contributed by atoms with van der Waals surface area (Å²) < 4.78 is 0.134. The van der Waals surface area contributed by atoms with Crippen molar-refractivity contribution >= 4 is 30.1 Å². The Bertz CT molecular complexity index is 165. The van der Waals surface area contributed by atoms with Crippen molar-refractivity contribution in [2.45, 2.75) is 25.0 Å². The summed E-state index contributed by atoms with van der Waals surface area (Å²) >= 11 is 1.76. The number of amides is 1. The molecule has 0 bridgehead atoms. The average molecular weight is 241 g/mol. The van der Waals surface area contributed by atoms with Crippen LogP contribution in [0.25, 0.3) is 0 Å². The fourth-order valence-corrected chi connectivity index (χ4v) is 0.927. The standard InChI is InChI=1S/C9H20N2OS.ClH/c1-9(2,13-4)7-11-8(12)5-6-10-3;/h10H,5-7H2,1-4H3,(H,11,12);1H. The molecule has 0 rings (SSSR count). The van der Waals surface area contributed by atoms with E-state index in [1.165, 1.54) is 0 Å². The van der Waals surface area contributed by atoms with Crippen LogP contribution in [0, 0.1) is 0 Å². The second-order valence-corrected chi connectivity index (χ2v) is 5.11. The van der Waals surface area contributed by atoms with Crippen LogP contribution in [0.15, 0.2) is 0 Å². The van der Waals surface area contributed by atoms with Gasteiger partial charge in [-0.25, -0.2) is 0 Å². The lowest BCUT2D eigenvalue weighted by atomic mass is 10.2. The van der Waals surface area contributed by atoms with Crippen LogP contribution in [-0.4, -0.2) is 37.0 Å². The zero-order valence-corrected chi connectivity index (χ0v) is 11.0. The van der Waals surface area contributed by atoms with Crippen molar-refractivity contribution in [3.8, 4) is 0 Å².